The fourth-order valence-electron chi connectivity index (χ4n) is 3.09. The molecule has 3 aromatic rings. The van der Waals surface area contributed by atoms with E-state index in [4.69, 9.17) is 16.2 Å². The van der Waals surface area contributed by atoms with Crippen LogP contribution in [0.15, 0.2) is 24.4 Å². The Balaban J connectivity index is 0.00000181. The molecule has 2 atom stereocenters. The molecule has 6 N–H and O–H groups in total. The molecule has 4 rings (SSSR count). The van der Waals surface area contributed by atoms with Gasteiger partial charge in [0, 0.05) is 36.0 Å². The molecule has 2 aromatic heterocycles. The van der Waals surface area contributed by atoms with Gasteiger partial charge in [0.05, 0.1) is 12.1 Å². The van der Waals surface area contributed by atoms with E-state index >= 15 is 0 Å². The topological polar surface area (TPSA) is 159 Å². The fraction of sp³-hybridized carbons (Fsp3) is 0.353. The van der Waals surface area contributed by atoms with E-state index < -0.39 is 12.5 Å². The highest BCUT2D eigenvalue weighted by Gasteiger charge is 2.24. The van der Waals surface area contributed by atoms with Gasteiger partial charge in [-0.05, 0) is 24.6 Å². The molecule has 15 heteroatoms. The van der Waals surface area contributed by atoms with Crippen molar-refractivity contribution in [2.75, 3.05) is 23.8 Å². The van der Waals surface area contributed by atoms with E-state index in [0.29, 0.717) is 40.9 Å². The Morgan fingerprint density at radius 1 is 1.28 bits per heavy atom. The van der Waals surface area contributed by atoms with Crippen molar-refractivity contribution in [2.45, 2.75) is 25.1 Å². The molecule has 0 saturated carbocycles. The average Bonchev–Trinajstić information content (AvgIpc) is 3.13. The van der Waals surface area contributed by atoms with Gasteiger partial charge >= 0.3 is 6.55 Å². The highest BCUT2D eigenvalue weighted by atomic mass is 35.5. The van der Waals surface area contributed by atoms with Crippen LogP contribution in [0.4, 0.5) is 26.2 Å². The maximum absolute atomic E-state index is 12.8. The summed E-state index contributed by atoms with van der Waals surface area (Å²) in [5.74, 6) is -0.601. The second-order valence-corrected chi connectivity index (χ2v) is 6.76. The van der Waals surface area contributed by atoms with Crippen molar-refractivity contribution < 1.29 is 18.3 Å². The predicted molar refractivity (Wildman–Crippen MR) is 118 cm³/mol. The Morgan fingerprint density at radius 3 is 2.75 bits per heavy atom. The van der Waals surface area contributed by atoms with Crippen LogP contribution in [0, 0.1) is 0 Å². The van der Waals surface area contributed by atoms with Crippen LogP contribution in [0.2, 0.25) is 0 Å². The molecule has 1 aromatic carbocycles. The number of hydrogen-bond donors (Lipinski definition) is 4. The van der Waals surface area contributed by atoms with Crippen LogP contribution in [0.25, 0.3) is 10.9 Å². The normalized spacial score (nSPS) is 18.0. The van der Waals surface area contributed by atoms with Crippen LogP contribution in [-0.4, -0.2) is 56.2 Å². The molecule has 0 unspecified atom stereocenters. The first-order valence-electron chi connectivity index (χ1n) is 9.09. The van der Waals surface area contributed by atoms with Gasteiger partial charge in [-0.1, -0.05) is 0 Å². The minimum Gasteiger partial charge on any atom is -0.380 e. The number of ether oxygens (including phenoxy) is 1. The Morgan fingerprint density at radius 2 is 2.06 bits per heavy atom. The van der Waals surface area contributed by atoms with E-state index in [-0.39, 0.29) is 54.4 Å². The Labute approximate surface area is 193 Å². The van der Waals surface area contributed by atoms with Crippen molar-refractivity contribution >= 4 is 59.1 Å². The lowest BCUT2D eigenvalue weighted by molar-refractivity contribution is 0.0573. The van der Waals surface area contributed by atoms with E-state index in [2.05, 4.69) is 30.9 Å². The first kappa shape index (κ1) is 25.4. The van der Waals surface area contributed by atoms with Gasteiger partial charge in [0.25, 0.3) is 5.91 Å². The molecule has 1 fully saturated rings. The van der Waals surface area contributed by atoms with Gasteiger partial charge in [-0.2, -0.15) is 18.9 Å². The van der Waals surface area contributed by atoms with Crippen molar-refractivity contribution in [3.05, 3.63) is 30.1 Å². The van der Waals surface area contributed by atoms with E-state index in [1.807, 2.05) is 0 Å². The van der Waals surface area contributed by atoms with Crippen molar-refractivity contribution in [1.29, 1.82) is 0 Å². The molecular weight excluding hydrogens is 471 g/mol. The van der Waals surface area contributed by atoms with Gasteiger partial charge in [0.1, 0.15) is 0 Å². The van der Waals surface area contributed by atoms with Gasteiger partial charge in [0.15, 0.2) is 11.5 Å². The number of hydrogen-bond acceptors (Lipinski definition) is 9. The van der Waals surface area contributed by atoms with E-state index in [1.165, 1.54) is 6.20 Å². The summed E-state index contributed by atoms with van der Waals surface area (Å²) in [6.45, 7) is -1.79. The molecule has 1 aliphatic heterocycles. The molecule has 0 spiro atoms. The standard InChI is InChI=1S/C17H19F2N9O2.2ClH/c18-16(19)28-6-8-1-2-9(5-12(8)27-28)22-15-13(14(21)29)25-26-17(24-15)23-11-3-4-30-7-10(11)20;;/h1-2,5-6,10-11,16H,3-4,7,20H2,(H2,21,29)(H2,22,23,24,26);2*1H/t10-,11+;;/m0../s1. The number of carbonyl (C=O) groups excluding carboxylic acids is 1. The third kappa shape index (κ3) is 5.48. The number of amides is 1. The summed E-state index contributed by atoms with van der Waals surface area (Å²) >= 11 is 0. The number of nitrogens with zero attached hydrogens (tertiary/aromatic N) is 5. The summed E-state index contributed by atoms with van der Waals surface area (Å²) in [5.41, 5.74) is 12.0. The van der Waals surface area contributed by atoms with Crippen molar-refractivity contribution in [3.8, 4) is 0 Å². The molecule has 0 radical (unpaired) electrons. The van der Waals surface area contributed by atoms with Gasteiger partial charge in [0.2, 0.25) is 5.95 Å². The lowest BCUT2D eigenvalue weighted by atomic mass is 10.1. The van der Waals surface area contributed by atoms with Crippen LogP contribution >= 0.6 is 24.8 Å². The largest absolute Gasteiger partial charge is 0.380 e. The first-order valence-corrected chi connectivity index (χ1v) is 9.09. The number of primary amides is 1. The van der Waals surface area contributed by atoms with E-state index in [0.717, 1.165) is 0 Å². The molecule has 1 amide bonds. The zero-order valence-corrected chi connectivity index (χ0v) is 18.1. The Hall–Kier alpha value is -2.87. The van der Waals surface area contributed by atoms with Crippen LogP contribution < -0.4 is 22.1 Å². The second kappa shape index (κ2) is 10.6. The molecule has 174 valence electrons. The lowest BCUT2D eigenvalue weighted by Gasteiger charge is -2.29. The lowest BCUT2D eigenvalue weighted by Crippen LogP contribution is -2.48. The highest BCUT2D eigenvalue weighted by Crippen LogP contribution is 2.24. The third-order valence-corrected chi connectivity index (χ3v) is 4.62. The quantitative estimate of drug-likeness (QED) is 0.403. The van der Waals surface area contributed by atoms with Crippen molar-refractivity contribution in [1.82, 2.24) is 25.0 Å². The van der Waals surface area contributed by atoms with Gasteiger partial charge < -0.3 is 26.8 Å². The number of aromatic nitrogens is 5. The first-order chi connectivity index (χ1) is 14.4. The molecule has 11 nitrogen and oxygen atoms in total. The number of alkyl halides is 2. The van der Waals surface area contributed by atoms with Crippen LogP contribution in [0.1, 0.15) is 23.5 Å². The third-order valence-electron chi connectivity index (χ3n) is 4.62. The molecule has 0 bridgehead atoms. The summed E-state index contributed by atoms with van der Waals surface area (Å²) < 4.78 is 31.6. The second-order valence-electron chi connectivity index (χ2n) is 6.76. The number of nitrogens with one attached hydrogen (secondary N) is 2. The summed E-state index contributed by atoms with van der Waals surface area (Å²) in [5, 5.41) is 18.1. The molecule has 3 heterocycles. The Kier molecular flexibility index (Phi) is 8.44. The number of carbonyl (C=O) groups is 1. The number of nitrogens with two attached hydrogens (primary N) is 2. The summed E-state index contributed by atoms with van der Waals surface area (Å²) in [7, 11) is 0. The van der Waals surface area contributed by atoms with E-state index in [9.17, 15) is 13.6 Å². The zero-order chi connectivity index (χ0) is 21.3. The minimum absolute atomic E-state index is 0. The number of benzene rings is 1. The molecule has 1 aliphatic rings. The summed E-state index contributed by atoms with van der Waals surface area (Å²) in [6.07, 6.45) is 1.90. The predicted octanol–water partition coefficient (Wildman–Crippen LogP) is 1.83. The maximum Gasteiger partial charge on any atom is 0.333 e. The highest BCUT2D eigenvalue weighted by molar-refractivity contribution is 5.96. The zero-order valence-electron chi connectivity index (χ0n) is 16.4. The average molecular weight is 492 g/mol. The SMILES string of the molecule is Cl.Cl.NC(=O)c1nnc(N[C@@H]2CCOC[C@@H]2N)nc1Nc1ccc2cn(C(F)F)nc2c1. The molecule has 32 heavy (non-hydrogen) atoms. The molecule has 1 saturated heterocycles. The minimum atomic E-state index is -2.74. The van der Waals surface area contributed by atoms with Gasteiger partial charge in [-0.25, -0.2) is 4.68 Å². The fourth-order valence-corrected chi connectivity index (χ4v) is 3.09. The number of fused-ring (bicyclic) bond motifs is 1. The monoisotopic (exact) mass is 491 g/mol. The number of halogens is 4. The molecule has 0 aliphatic carbocycles. The van der Waals surface area contributed by atoms with Gasteiger partial charge in [-0.15, -0.1) is 35.0 Å². The van der Waals surface area contributed by atoms with Crippen LogP contribution in [0.5, 0.6) is 0 Å². The smallest absolute Gasteiger partial charge is 0.333 e. The van der Waals surface area contributed by atoms with Crippen LogP contribution in [0.3, 0.4) is 0 Å². The maximum atomic E-state index is 12.8. The number of rotatable bonds is 6. The van der Waals surface area contributed by atoms with Crippen molar-refractivity contribution in [2.24, 2.45) is 11.5 Å². The molecular formula is C17H21Cl2F2N9O2. The van der Waals surface area contributed by atoms with E-state index in [1.54, 1.807) is 18.2 Å². The summed E-state index contributed by atoms with van der Waals surface area (Å²) in [6, 6.07) is 4.42. The van der Waals surface area contributed by atoms with Crippen molar-refractivity contribution in [3.63, 3.8) is 0 Å². The number of anilines is 3. The van der Waals surface area contributed by atoms with Crippen LogP contribution in [-0.2, 0) is 4.74 Å². The Bertz CT molecular complexity index is 1090. The van der Waals surface area contributed by atoms with Gasteiger partial charge in [-0.3, -0.25) is 4.79 Å². The summed E-state index contributed by atoms with van der Waals surface area (Å²) in [4.78, 5) is 16.0.